The van der Waals surface area contributed by atoms with Gasteiger partial charge in [-0.15, -0.1) is 0 Å². The Morgan fingerprint density at radius 2 is 2.00 bits per heavy atom. The molecule has 6 nitrogen and oxygen atoms in total. The maximum absolute atomic E-state index is 11.5. The van der Waals surface area contributed by atoms with E-state index in [4.69, 9.17) is 0 Å². The molecular formula is C14H25N5O. The van der Waals surface area contributed by atoms with Gasteiger partial charge in [-0.3, -0.25) is 4.79 Å². The van der Waals surface area contributed by atoms with Crippen LogP contribution in [0.4, 0.5) is 11.6 Å². The second kappa shape index (κ2) is 7.07. The second-order valence-electron chi connectivity index (χ2n) is 5.09. The van der Waals surface area contributed by atoms with Gasteiger partial charge >= 0.3 is 0 Å². The minimum Gasteiger partial charge on any atom is -0.370 e. The topological polar surface area (TPSA) is 70.2 Å². The molecule has 112 valence electrons. The predicted molar refractivity (Wildman–Crippen MR) is 82.4 cm³/mol. The van der Waals surface area contributed by atoms with Gasteiger partial charge in [0.1, 0.15) is 17.5 Å². The van der Waals surface area contributed by atoms with Gasteiger partial charge in [0, 0.05) is 32.1 Å². The molecule has 1 amide bonds. The lowest BCUT2D eigenvalue weighted by molar-refractivity contribution is -0.119. The van der Waals surface area contributed by atoms with Crippen molar-refractivity contribution in [3.05, 3.63) is 11.4 Å². The SMILES string of the molecule is CCNc1nc(C(C)C)nc(N(C)CC(=O)NC)c1C. The molecule has 0 aliphatic rings. The molecule has 1 rings (SSSR count). The average molecular weight is 279 g/mol. The maximum Gasteiger partial charge on any atom is 0.239 e. The molecule has 0 aliphatic carbocycles. The first-order chi connectivity index (χ1) is 9.40. The summed E-state index contributed by atoms with van der Waals surface area (Å²) in [4.78, 5) is 22.5. The van der Waals surface area contributed by atoms with E-state index >= 15 is 0 Å². The first-order valence-electron chi connectivity index (χ1n) is 6.94. The zero-order valence-corrected chi connectivity index (χ0v) is 13.2. The third-order valence-corrected chi connectivity index (χ3v) is 3.02. The smallest absolute Gasteiger partial charge is 0.239 e. The molecule has 0 saturated carbocycles. The third-order valence-electron chi connectivity index (χ3n) is 3.02. The van der Waals surface area contributed by atoms with Gasteiger partial charge in [-0.05, 0) is 13.8 Å². The van der Waals surface area contributed by atoms with Crippen molar-refractivity contribution in [2.75, 3.05) is 37.4 Å². The summed E-state index contributed by atoms with van der Waals surface area (Å²) >= 11 is 0. The number of carbonyl (C=O) groups excluding carboxylic acids is 1. The van der Waals surface area contributed by atoms with Gasteiger partial charge in [0.25, 0.3) is 0 Å². The predicted octanol–water partition coefficient (Wildman–Crippen LogP) is 1.52. The Balaban J connectivity index is 3.18. The highest BCUT2D eigenvalue weighted by Crippen LogP contribution is 2.25. The Morgan fingerprint density at radius 3 is 2.50 bits per heavy atom. The normalized spacial score (nSPS) is 10.6. The minimum absolute atomic E-state index is 0.0402. The Bertz CT molecular complexity index is 473. The number of carbonyl (C=O) groups is 1. The molecule has 20 heavy (non-hydrogen) atoms. The van der Waals surface area contributed by atoms with Gasteiger partial charge in [0.05, 0.1) is 6.54 Å². The van der Waals surface area contributed by atoms with E-state index in [0.717, 1.165) is 29.6 Å². The van der Waals surface area contributed by atoms with E-state index in [-0.39, 0.29) is 18.4 Å². The fourth-order valence-electron chi connectivity index (χ4n) is 1.86. The van der Waals surface area contributed by atoms with E-state index in [0.29, 0.717) is 0 Å². The molecule has 1 heterocycles. The Morgan fingerprint density at radius 1 is 1.35 bits per heavy atom. The van der Waals surface area contributed by atoms with Crippen LogP contribution in [0, 0.1) is 6.92 Å². The summed E-state index contributed by atoms with van der Waals surface area (Å²) in [6.07, 6.45) is 0. The zero-order chi connectivity index (χ0) is 15.3. The summed E-state index contributed by atoms with van der Waals surface area (Å²) in [5.74, 6) is 2.61. The van der Waals surface area contributed by atoms with E-state index in [1.165, 1.54) is 0 Å². The molecule has 2 N–H and O–H groups in total. The molecule has 1 aromatic heterocycles. The van der Waals surface area contributed by atoms with Gasteiger partial charge in [0.15, 0.2) is 0 Å². The fraction of sp³-hybridized carbons (Fsp3) is 0.643. The van der Waals surface area contributed by atoms with E-state index in [1.807, 2.05) is 25.8 Å². The average Bonchev–Trinajstić information content (AvgIpc) is 2.40. The lowest BCUT2D eigenvalue weighted by Crippen LogP contribution is -2.34. The fourth-order valence-corrected chi connectivity index (χ4v) is 1.86. The van der Waals surface area contributed by atoms with E-state index in [9.17, 15) is 4.79 Å². The Kier molecular flexibility index (Phi) is 5.73. The van der Waals surface area contributed by atoms with Gasteiger partial charge < -0.3 is 15.5 Å². The van der Waals surface area contributed by atoms with Crippen molar-refractivity contribution in [2.24, 2.45) is 0 Å². The highest BCUT2D eigenvalue weighted by molar-refractivity contribution is 5.81. The molecule has 0 fully saturated rings. The maximum atomic E-state index is 11.5. The summed E-state index contributed by atoms with van der Waals surface area (Å²) < 4.78 is 0. The van der Waals surface area contributed by atoms with E-state index < -0.39 is 0 Å². The number of nitrogens with zero attached hydrogens (tertiary/aromatic N) is 3. The van der Waals surface area contributed by atoms with Crippen LogP contribution in [0.25, 0.3) is 0 Å². The third kappa shape index (κ3) is 3.82. The summed E-state index contributed by atoms with van der Waals surface area (Å²) in [6, 6.07) is 0. The number of aromatic nitrogens is 2. The van der Waals surface area contributed by atoms with Crippen LogP contribution < -0.4 is 15.5 Å². The first kappa shape index (κ1) is 16.2. The number of likely N-dealkylation sites (N-methyl/N-ethyl adjacent to an activating group) is 2. The van der Waals surface area contributed by atoms with Crippen LogP contribution in [0.3, 0.4) is 0 Å². The Labute approximate surface area is 121 Å². The number of nitrogens with one attached hydrogen (secondary N) is 2. The molecule has 0 aromatic carbocycles. The monoisotopic (exact) mass is 279 g/mol. The molecule has 0 radical (unpaired) electrons. The summed E-state index contributed by atoms with van der Waals surface area (Å²) in [5, 5.41) is 5.88. The van der Waals surface area contributed by atoms with Gasteiger partial charge in [-0.2, -0.15) is 0 Å². The number of amides is 1. The first-order valence-corrected chi connectivity index (χ1v) is 6.94. The highest BCUT2D eigenvalue weighted by Gasteiger charge is 2.17. The van der Waals surface area contributed by atoms with Crippen LogP contribution in [0.2, 0.25) is 0 Å². The standard InChI is InChI=1S/C14H25N5O/c1-7-16-13-10(4)14(18-12(17-13)9(2)3)19(6)8-11(20)15-5/h9H,7-8H2,1-6H3,(H,15,20)(H,16,17,18). The van der Waals surface area contributed by atoms with Crippen molar-refractivity contribution < 1.29 is 4.79 Å². The molecule has 1 aromatic rings. The van der Waals surface area contributed by atoms with Crippen molar-refractivity contribution in [3.63, 3.8) is 0 Å². The number of rotatable bonds is 6. The van der Waals surface area contributed by atoms with Gasteiger partial charge in [0.2, 0.25) is 5.91 Å². The molecule has 0 bridgehead atoms. The van der Waals surface area contributed by atoms with Crippen molar-refractivity contribution in [3.8, 4) is 0 Å². The van der Waals surface area contributed by atoms with Crippen LogP contribution in [0.5, 0.6) is 0 Å². The van der Waals surface area contributed by atoms with Crippen LogP contribution in [0.1, 0.15) is 38.1 Å². The van der Waals surface area contributed by atoms with Crippen LogP contribution in [-0.2, 0) is 4.79 Å². The molecule has 6 heteroatoms. The second-order valence-corrected chi connectivity index (χ2v) is 5.09. The van der Waals surface area contributed by atoms with Crippen molar-refractivity contribution in [2.45, 2.75) is 33.6 Å². The molecule has 0 atom stereocenters. The zero-order valence-electron chi connectivity index (χ0n) is 13.2. The molecule has 0 unspecified atom stereocenters. The summed E-state index contributed by atoms with van der Waals surface area (Å²) in [6.45, 7) is 9.19. The van der Waals surface area contributed by atoms with E-state index in [2.05, 4.69) is 34.4 Å². The van der Waals surface area contributed by atoms with Gasteiger partial charge in [-0.25, -0.2) is 9.97 Å². The van der Waals surface area contributed by atoms with Crippen LogP contribution >= 0.6 is 0 Å². The van der Waals surface area contributed by atoms with E-state index in [1.54, 1.807) is 7.05 Å². The minimum atomic E-state index is -0.0402. The quantitative estimate of drug-likeness (QED) is 0.826. The lowest BCUT2D eigenvalue weighted by atomic mass is 10.2. The molecular weight excluding hydrogens is 254 g/mol. The lowest BCUT2D eigenvalue weighted by Gasteiger charge is -2.22. The van der Waals surface area contributed by atoms with Crippen molar-refractivity contribution in [1.29, 1.82) is 0 Å². The number of hydrogen-bond donors (Lipinski definition) is 2. The summed E-state index contributed by atoms with van der Waals surface area (Å²) in [7, 11) is 3.50. The highest BCUT2D eigenvalue weighted by atomic mass is 16.1. The van der Waals surface area contributed by atoms with Crippen molar-refractivity contribution >= 4 is 17.5 Å². The van der Waals surface area contributed by atoms with Crippen LogP contribution in [0.15, 0.2) is 0 Å². The van der Waals surface area contributed by atoms with Crippen LogP contribution in [-0.4, -0.2) is 43.1 Å². The molecule has 0 spiro atoms. The Hall–Kier alpha value is -1.85. The largest absolute Gasteiger partial charge is 0.370 e. The summed E-state index contributed by atoms with van der Waals surface area (Å²) in [5.41, 5.74) is 0.961. The number of hydrogen-bond acceptors (Lipinski definition) is 5. The number of anilines is 2. The molecule has 0 aliphatic heterocycles. The van der Waals surface area contributed by atoms with Crippen molar-refractivity contribution in [1.82, 2.24) is 15.3 Å². The van der Waals surface area contributed by atoms with Gasteiger partial charge in [-0.1, -0.05) is 13.8 Å². The molecule has 0 saturated heterocycles.